The molecule has 0 saturated heterocycles. The van der Waals surface area contributed by atoms with E-state index in [1.165, 1.54) is 6.07 Å². The van der Waals surface area contributed by atoms with Crippen LogP contribution in [0.3, 0.4) is 0 Å². The molecule has 2 amide bonds. The lowest BCUT2D eigenvalue weighted by Crippen LogP contribution is -2.47. The minimum Gasteiger partial charge on any atom is -0.504 e. The van der Waals surface area contributed by atoms with Gasteiger partial charge in [-0.1, -0.05) is 44.0 Å². The van der Waals surface area contributed by atoms with Gasteiger partial charge in [0.25, 0.3) is 0 Å². The standard InChI is InChI=1S/C16H24Cl2N2O2/c1-9-10(17)7-11(13(21)12(9)18)19-14(22)20-16(5,6)8-15(2,3)4/h7,21H,8H2,1-6H3,(H2,19,20,22). The first-order valence-electron chi connectivity index (χ1n) is 7.09. The van der Waals surface area contributed by atoms with Crippen LogP contribution < -0.4 is 10.6 Å². The Bertz CT molecular complexity index is 578. The van der Waals surface area contributed by atoms with Crippen molar-refractivity contribution in [2.75, 3.05) is 5.32 Å². The van der Waals surface area contributed by atoms with E-state index in [4.69, 9.17) is 23.2 Å². The van der Waals surface area contributed by atoms with Crippen LogP contribution in [0, 0.1) is 12.3 Å². The Morgan fingerprint density at radius 2 is 1.77 bits per heavy atom. The molecule has 0 radical (unpaired) electrons. The summed E-state index contributed by atoms with van der Waals surface area (Å²) in [5.74, 6) is -0.188. The number of aromatic hydroxyl groups is 1. The minimum absolute atomic E-state index is 0.0788. The van der Waals surface area contributed by atoms with Gasteiger partial charge >= 0.3 is 6.03 Å². The van der Waals surface area contributed by atoms with Crippen LogP contribution in [-0.2, 0) is 0 Å². The molecule has 22 heavy (non-hydrogen) atoms. The fourth-order valence-corrected chi connectivity index (χ4v) is 3.09. The Labute approximate surface area is 142 Å². The van der Waals surface area contributed by atoms with Crippen LogP contribution in [0.2, 0.25) is 10.0 Å². The summed E-state index contributed by atoms with van der Waals surface area (Å²) in [4.78, 5) is 12.2. The van der Waals surface area contributed by atoms with Gasteiger partial charge < -0.3 is 15.7 Å². The van der Waals surface area contributed by atoms with Crippen molar-refractivity contribution in [2.45, 2.75) is 53.5 Å². The van der Waals surface area contributed by atoms with Crippen LogP contribution in [0.25, 0.3) is 0 Å². The molecule has 3 N–H and O–H groups in total. The molecule has 0 saturated carbocycles. The summed E-state index contributed by atoms with van der Waals surface area (Å²) < 4.78 is 0. The molecule has 1 aromatic rings. The molecule has 0 spiro atoms. The maximum absolute atomic E-state index is 12.2. The van der Waals surface area contributed by atoms with Gasteiger partial charge in [0.15, 0.2) is 5.75 Å². The number of anilines is 1. The predicted octanol–water partition coefficient (Wildman–Crippen LogP) is 5.34. The normalized spacial score (nSPS) is 12.2. The molecule has 0 heterocycles. The van der Waals surface area contributed by atoms with Crippen molar-refractivity contribution in [3.63, 3.8) is 0 Å². The van der Waals surface area contributed by atoms with Crippen molar-refractivity contribution in [3.8, 4) is 5.75 Å². The molecule has 6 heteroatoms. The molecule has 0 unspecified atom stereocenters. The first-order valence-corrected chi connectivity index (χ1v) is 7.85. The zero-order valence-corrected chi connectivity index (χ0v) is 15.4. The monoisotopic (exact) mass is 346 g/mol. The fraction of sp³-hybridized carbons (Fsp3) is 0.562. The smallest absolute Gasteiger partial charge is 0.319 e. The highest BCUT2D eigenvalue weighted by Crippen LogP contribution is 2.38. The van der Waals surface area contributed by atoms with E-state index in [9.17, 15) is 9.90 Å². The Morgan fingerprint density at radius 1 is 1.23 bits per heavy atom. The molecule has 1 aromatic carbocycles. The molecule has 1 rings (SSSR count). The third-order valence-electron chi connectivity index (χ3n) is 3.09. The number of rotatable bonds is 3. The number of phenolic OH excluding ortho intramolecular Hbond substituents is 1. The summed E-state index contributed by atoms with van der Waals surface area (Å²) >= 11 is 12.0. The van der Waals surface area contributed by atoms with Gasteiger partial charge in [-0.05, 0) is 44.2 Å². The number of urea groups is 1. The fourth-order valence-electron chi connectivity index (χ4n) is 2.63. The lowest BCUT2D eigenvalue weighted by Gasteiger charge is -2.33. The van der Waals surface area contributed by atoms with Gasteiger partial charge in [0.2, 0.25) is 0 Å². The highest BCUT2D eigenvalue weighted by molar-refractivity contribution is 6.37. The minimum atomic E-state index is -0.416. The second-order valence-corrected chi connectivity index (χ2v) is 8.18. The van der Waals surface area contributed by atoms with Gasteiger partial charge in [-0.25, -0.2) is 4.79 Å². The number of amides is 2. The van der Waals surface area contributed by atoms with Crippen molar-refractivity contribution in [2.24, 2.45) is 5.41 Å². The average Bonchev–Trinajstić information content (AvgIpc) is 2.29. The number of phenols is 1. The molecular formula is C16H24Cl2N2O2. The van der Waals surface area contributed by atoms with Crippen molar-refractivity contribution in [1.82, 2.24) is 5.32 Å². The molecule has 0 bridgehead atoms. The van der Waals surface area contributed by atoms with Gasteiger partial charge in [-0.3, -0.25) is 0 Å². The Morgan fingerprint density at radius 3 is 2.27 bits per heavy atom. The second-order valence-electron chi connectivity index (χ2n) is 7.39. The number of nitrogens with one attached hydrogen (secondary N) is 2. The first-order chi connectivity index (χ1) is 9.82. The van der Waals surface area contributed by atoms with Gasteiger partial charge in [0, 0.05) is 10.6 Å². The maximum atomic E-state index is 12.2. The highest BCUT2D eigenvalue weighted by atomic mass is 35.5. The number of carbonyl (C=O) groups is 1. The molecule has 0 aliphatic rings. The van der Waals surface area contributed by atoms with Crippen LogP contribution in [0.5, 0.6) is 5.75 Å². The molecule has 4 nitrogen and oxygen atoms in total. The Kier molecular flexibility index (Phi) is 5.63. The van der Waals surface area contributed by atoms with Gasteiger partial charge in [0.05, 0.1) is 10.7 Å². The number of hydrogen-bond acceptors (Lipinski definition) is 2. The van der Waals surface area contributed by atoms with Gasteiger partial charge in [-0.15, -0.1) is 0 Å². The molecule has 124 valence electrons. The second kappa shape index (κ2) is 6.55. The lowest BCUT2D eigenvalue weighted by atomic mass is 9.82. The number of carbonyl (C=O) groups excluding carboxylic acids is 1. The molecule has 0 aliphatic heterocycles. The summed E-state index contributed by atoms with van der Waals surface area (Å²) in [6, 6.07) is 1.06. The topological polar surface area (TPSA) is 61.4 Å². The molecule has 0 atom stereocenters. The third-order valence-corrected chi connectivity index (χ3v) is 3.95. The number of hydrogen-bond donors (Lipinski definition) is 3. The van der Waals surface area contributed by atoms with Crippen LogP contribution in [-0.4, -0.2) is 16.7 Å². The van der Waals surface area contributed by atoms with Crippen LogP contribution in [0.15, 0.2) is 6.07 Å². The van der Waals surface area contributed by atoms with Crippen LogP contribution >= 0.6 is 23.2 Å². The highest BCUT2D eigenvalue weighted by Gasteiger charge is 2.27. The Hall–Kier alpha value is -1.13. The van der Waals surface area contributed by atoms with E-state index in [2.05, 4.69) is 31.4 Å². The first kappa shape index (κ1) is 18.9. The van der Waals surface area contributed by atoms with Crippen LogP contribution in [0.4, 0.5) is 10.5 Å². The van der Waals surface area contributed by atoms with E-state index in [-0.39, 0.29) is 21.9 Å². The zero-order chi connectivity index (χ0) is 17.3. The number of benzene rings is 1. The van der Waals surface area contributed by atoms with Crippen molar-refractivity contribution < 1.29 is 9.90 Å². The van der Waals surface area contributed by atoms with Gasteiger partial charge in [-0.2, -0.15) is 0 Å². The maximum Gasteiger partial charge on any atom is 0.319 e. The van der Waals surface area contributed by atoms with Crippen LogP contribution in [0.1, 0.15) is 46.6 Å². The number of halogens is 2. The van der Waals surface area contributed by atoms with Crippen molar-refractivity contribution in [3.05, 3.63) is 21.7 Å². The van der Waals surface area contributed by atoms with E-state index in [0.29, 0.717) is 10.6 Å². The average molecular weight is 347 g/mol. The largest absolute Gasteiger partial charge is 0.504 e. The van der Waals surface area contributed by atoms with Crippen molar-refractivity contribution in [1.29, 1.82) is 0 Å². The van der Waals surface area contributed by atoms with E-state index in [1.807, 2.05) is 13.8 Å². The van der Waals surface area contributed by atoms with E-state index < -0.39 is 11.6 Å². The summed E-state index contributed by atoms with van der Waals surface area (Å²) in [5, 5.41) is 16.0. The summed E-state index contributed by atoms with van der Waals surface area (Å²) in [6.45, 7) is 11.9. The predicted molar refractivity (Wildman–Crippen MR) is 93.2 cm³/mol. The molecule has 0 aromatic heterocycles. The summed E-state index contributed by atoms with van der Waals surface area (Å²) in [6.07, 6.45) is 0.800. The SMILES string of the molecule is Cc1c(Cl)cc(NC(=O)NC(C)(C)CC(C)(C)C)c(O)c1Cl. The van der Waals surface area contributed by atoms with Crippen molar-refractivity contribution >= 4 is 34.9 Å². The Balaban J connectivity index is 2.86. The van der Waals surface area contributed by atoms with E-state index in [0.717, 1.165) is 6.42 Å². The summed E-state index contributed by atoms with van der Waals surface area (Å²) in [5.41, 5.74) is 0.440. The molecule has 0 fully saturated rings. The van der Waals surface area contributed by atoms with E-state index in [1.54, 1.807) is 6.92 Å². The molecule has 0 aliphatic carbocycles. The quantitative estimate of drug-likeness (QED) is 0.646. The van der Waals surface area contributed by atoms with Gasteiger partial charge in [0.1, 0.15) is 0 Å². The molecular weight excluding hydrogens is 323 g/mol. The van der Waals surface area contributed by atoms with E-state index >= 15 is 0 Å². The summed E-state index contributed by atoms with van der Waals surface area (Å²) in [7, 11) is 0. The lowest BCUT2D eigenvalue weighted by molar-refractivity contribution is 0.220. The third kappa shape index (κ3) is 5.25. The zero-order valence-electron chi connectivity index (χ0n) is 13.9.